The number of hydrogen-bond acceptors (Lipinski definition) is 4. The number of carbonyl (C=O) groups excluding carboxylic acids is 2. The number of nitrogens with one attached hydrogen (secondary N) is 1. The van der Waals surface area contributed by atoms with Crippen molar-refractivity contribution in [1.82, 2.24) is 4.90 Å². The van der Waals surface area contributed by atoms with Crippen LogP contribution in [0.5, 0.6) is 11.5 Å². The molecule has 0 spiro atoms. The van der Waals surface area contributed by atoms with Crippen LogP contribution < -0.4 is 14.8 Å². The van der Waals surface area contributed by atoms with E-state index in [9.17, 15) is 9.59 Å². The fraction of sp³-hybridized carbons (Fsp3) is 0.300. The minimum Gasteiger partial charge on any atom is -0.497 e. The number of ether oxygens (including phenoxy) is 2. The summed E-state index contributed by atoms with van der Waals surface area (Å²) in [7, 11) is 1.63. The zero-order valence-corrected chi connectivity index (χ0v) is 14.5. The molecule has 6 nitrogen and oxygen atoms in total. The number of carbonyl (C=O) groups is 2. The second kappa shape index (κ2) is 6.71. The largest absolute Gasteiger partial charge is 0.497 e. The molecule has 26 heavy (non-hydrogen) atoms. The predicted octanol–water partition coefficient (Wildman–Crippen LogP) is 2.83. The Morgan fingerprint density at radius 3 is 2.69 bits per heavy atom. The summed E-state index contributed by atoms with van der Waals surface area (Å²) >= 11 is 0. The summed E-state index contributed by atoms with van der Waals surface area (Å²) in [6.45, 7) is 0.533. The van der Waals surface area contributed by atoms with Crippen LogP contribution in [0.4, 0.5) is 5.69 Å². The number of fused-ring (bicyclic) bond motifs is 1. The molecule has 1 aliphatic heterocycles. The molecule has 0 atom stereocenters. The number of amides is 2. The highest BCUT2D eigenvalue weighted by molar-refractivity contribution is 5.99. The molecule has 4 rings (SSSR count). The van der Waals surface area contributed by atoms with Gasteiger partial charge in [-0.2, -0.15) is 0 Å². The molecule has 2 aromatic carbocycles. The molecule has 1 fully saturated rings. The summed E-state index contributed by atoms with van der Waals surface area (Å²) in [5.74, 6) is 1.13. The molecule has 1 heterocycles. The van der Waals surface area contributed by atoms with Crippen LogP contribution in [0.1, 0.15) is 28.8 Å². The maximum Gasteiger partial charge on any atom is 0.262 e. The average Bonchev–Trinajstić information content (AvgIpc) is 3.50. The Morgan fingerprint density at radius 2 is 2.00 bits per heavy atom. The molecule has 1 N–H and O–H groups in total. The van der Waals surface area contributed by atoms with E-state index in [4.69, 9.17) is 9.47 Å². The van der Waals surface area contributed by atoms with Gasteiger partial charge in [0.15, 0.2) is 6.61 Å². The van der Waals surface area contributed by atoms with E-state index in [1.54, 1.807) is 25.3 Å². The molecule has 1 aliphatic carbocycles. The maximum absolute atomic E-state index is 13.1. The maximum atomic E-state index is 13.1. The van der Waals surface area contributed by atoms with E-state index in [0.717, 1.165) is 24.2 Å². The smallest absolute Gasteiger partial charge is 0.262 e. The van der Waals surface area contributed by atoms with Gasteiger partial charge in [-0.25, -0.2) is 0 Å². The van der Waals surface area contributed by atoms with Gasteiger partial charge in [0.05, 0.1) is 12.8 Å². The van der Waals surface area contributed by atoms with Crippen molar-refractivity contribution in [3.63, 3.8) is 0 Å². The fourth-order valence-electron chi connectivity index (χ4n) is 3.05. The van der Waals surface area contributed by atoms with Gasteiger partial charge in [0.1, 0.15) is 11.5 Å². The number of hydrogen-bond donors (Lipinski definition) is 1. The first-order chi connectivity index (χ1) is 12.6. The summed E-state index contributed by atoms with van der Waals surface area (Å²) in [4.78, 5) is 26.3. The highest BCUT2D eigenvalue weighted by Crippen LogP contribution is 2.33. The number of nitrogens with zero attached hydrogens (tertiary/aromatic N) is 1. The van der Waals surface area contributed by atoms with Crippen molar-refractivity contribution in [2.75, 3.05) is 19.0 Å². The quantitative estimate of drug-likeness (QED) is 0.898. The highest BCUT2D eigenvalue weighted by Gasteiger charge is 2.33. The summed E-state index contributed by atoms with van der Waals surface area (Å²) in [5, 5.41) is 2.74. The first-order valence-electron chi connectivity index (χ1n) is 8.64. The molecule has 1 saturated carbocycles. The van der Waals surface area contributed by atoms with Crippen molar-refractivity contribution in [2.45, 2.75) is 25.4 Å². The van der Waals surface area contributed by atoms with E-state index in [2.05, 4.69) is 5.32 Å². The van der Waals surface area contributed by atoms with Crippen molar-refractivity contribution in [3.8, 4) is 11.5 Å². The fourth-order valence-corrected chi connectivity index (χ4v) is 3.05. The van der Waals surface area contributed by atoms with Crippen LogP contribution in [-0.4, -0.2) is 36.5 Å². The third-order valence-corrected chi connectivity index (χ3v) is 4.62. The van der Waals surface area contributed by atoms with Crippen molar-refractivity contribution in [3.05, 3.63) is 53.6 Å². The molecule has 2 aliphatic rings. The summed E-state index contributed by atoms with van der Waals surface area (Å²) in [6.07, 6.45) is 2.05. The first kappa shape index (κ1) is 16.4. The van der Waals surface area contributed by atoms with Gasteiger partial charge in [0, 0.05) is 18.2 Å². The van der Waals surface area contributed by atoms with Crippen LogP contribution in [0, 0.1) is 0 Å². The van der Waals surface area contributed by atoms with Crippen LogP contribution in [0.25, 0.3) is 0 Å². The van der Waals surface area contributed by atoms with E-state index in [1.807, 2.05) is 29.2 Å². The molecule has 0 radical (unpaired) electrons. The Balaban J connectivity index is 1.55. The van der Waals surface area contributed by atoms with Gasteiger partial charge in [-0.1, -0.05) is 12.1 Å². The van der Waals surface area contributed by atoms with Crippen molar-refractivity contribution in [1.29, 1.82) is 0 Å². The van der Waals surface area contributed by atoms with E-state index in [-0.39, 0.29) is 24.5 Å². The third kappa shape index (κ3) is 3.35. The Kier molecular flexibility index (Phi) is 4.24. The number of benzene rings is 2. The number of methoxy groups -OCH3 is 1. The van der Waals surface area contributed by atoms with Gasteiger partial charge in [0.2, 0.25) is 0 Å². The lowest BCUT2D eigenvalue weighted by molar-refractivity contribution is -0.118. The minimum absolute atomic E-state index is 0.0216. The van der Waals surface area contributed by atoms with Gasteiger partial charge in [-0.3, -0.25) is 9.59 Å². The first-order valence-corrected chi connectivity index (χ1v) is 8.64. The lowest BCUT2D eigenvalue weighted by atomic mass is 10.1. The minimum atomic E-state index is -0.185. The monoisotopic (exact) mass is 352 g/mol. The molecular weight excluding hydrogens is 332 g/mol. The molecule has 0 saturated heterocycles. The summed E-state index contributed by atoms with van der Waals surface area (Å²) in [6, 6.07) is 13.2. The number of anilines is 1. The van der Waals surface area contributed by atoms with Crippen molar-refractivity contribution >= 4 is 17.5 Å². The standard InChI is InChI=1S/C20H20N2O4/c1-25-16-7-2-13(3-8-16)11-22(15-5-6-15)20(24)14-4-9-17-18(10-14)26-12-19(23)21-17/h2-4,7-10,15H,5-6,11-12H2,1H3,(H,21,23). The van der Waals surface area contributed by atoms with Crippen LogP contribution in [0.15, 0.2) is 42.5 Å². The molecule has 2 amide bonds. The van der Waals surface area contributed by atoms with Crippen LogP contribution in [-0.2, 0) is 11.3 Å². The van der Waals surface area contributed by atoms with Crippen LogP contribution in [0.3, 0.4) is 0 Å². The van der Waals surface area contributed by atoms with Crippen LogP contribution >= 0.6 is 0 Å². The Labute approximate surface area is 151 Å². The van der Waals surface area contributed by atoms with Gasteiger partial charge in [-0.05, 0) is 48.7 Å². The van der Waals surface area contributed by atoms with Gasteiger partial charge >= 0.3 is 0 Å². The highest BCUT2D eigenvalue weighted by atomic mass is 16.5. The normalized spacial score (nSPS) is 15.5. The van der Waals surface area contributed by atoms with Gasteiger partial charge in [-0.15, -0.1) is 0 Å². The Bertz CT molecular complexity index is 843. The second-order valence-electron chi connectivity index (χ2n) is 6.56. The Morgan fingerprint density at radius 1 is 1.23 bits per heavy atom. The van der Waals surface area contributed by atoms with Crippen LogP contribution in [0.2, 0.25) is 0 Å². The van der Waals surface area contributed by atoms with Gasteiger partial charge < -0.3 is 19.7 Å². The molecule has 0 unspecified atom stereocenters. The van der Waals surface area contributed by atoms with E-state index >= 15 is 0 Å². The predicted molar refractivity (Wildman–Crippen MR) is 96.5 cm³/mol. The van der Waals surface area contributed by atoms with Gasteiger partial charge in [0.25, 0.3) is 11.8 Å². The second-order valence-corrected chi connectivity index (χ2v) is 6.56. The zero-order valence-electron chi connectivity index (χ0n) is 14.5. The van der Waals surface area contributed by atoms with E-state index < -0.39 is 0 Å². The summed E-state index contributed by atoms with van der Waals surface area (Å²) in [5.41, 5.74) is 2.23. The molecule has 0 aromatic heterocycles. The molecule has 6 heteroatoms. The average molecular weight is 352 g/mol. The van der Waals surface area contributed by atoms with E-state index in [1.165, 1.54) is 0 Å². The molecule has 2 aromatic rings. The Hall–Kier alpha value is -3.02. The van der Waals surface area contributed by atoms with Crippen molar-refractivity contribution in [2.24, 2.45) is 0 Å². The topological polar surface area (TPSA) is 67.9 Å². The lowest BCUT2D eigenvalue weighted by Crippen LogP contribution is -2.33. The molecule has 134 valence electrons. The number of rotatable bonds is 5. The summed E-state index contributed by atoms with van der Waals surface area (Å²) < 4.78 is 10.6. The lowest BCUT2D eigenvalue weighted by Gasteiger charge is -2.24. The zero-order chi connectivity index (χ0) is 18.1. The van der Waals surface area contributed by atoms with Crippen molar-refractivity contribution < 1.29 is 19.1 Å². The third-order valence-electron chi connectivity index (χ3n) is 4.62. The SMILES string of the molecule is COc1ccc(CN(C(=O)c2ccc3c(c2)OCC(=O)N3)C2CC2)cc1. The molecular formula is C20H20N2O4. The van der Waals surface area contributed by atoms with E-state index in [0.29, 0.717) is 23.5 Å². The molecule has 0 bridgehead atoms.